The number of nitrogens with zero attached hydrogens (tertiary/aromatic N) is 1. The lowest BCUT2D eigenvalue weighted by atomic mass is 10.2. The summed E-state index contributed by atoms with van der Waals surface area (Å²) >= 11 is 0. The summed E-state index contributed by atoms with van der Waals surface area (Å²) in [6.07, 6.45) is 1.48. The summed E-state index contributed by atoms with van der Waals surface area (Å²) in [5, 5.41) is 7.79. The highest BCUT2D eigenvalue weighted by atomic mass is 19.1. The molecule has 0 aliphatic heterocycles. The van der Waals surface area contributed by atoms with E-state index < -0.39 is 12.7 Å². The van der Waals surface area contributed by atoms with E-state index in [2.05, 4.69) is 20.9 Å². The van der Waals surface area contributed by atoms with E-state index in [1.54, 1.807) is 36.4 Å². The molecule has 1 heterocycles. The lowest BCUT2D eigenvalue weighted by molar-refractivity contribution is 0.0958. The number of carbonyl (C=O) groups excluding carboxylic acids is 2. The SMILES string of the molecule is CNC(=O)c1cc(Oc2ccc(NC(=O)Nc3ccc(N)c(CF)c3)cc2)ccn1. The van der Waals surface area contributed by atoms with Crippen molar-refractivity contribution in [3.05, 3.63) is 72.1 Å². The monoisotopic (exact) mass is 409 g/mol. The Kier molecular flexibility index (Phi) is 6.43. The molecule has 3 amide bonds. The predicted octanol–water partition coefficient (Wildman–Crippen LogP) is 3.93. The van der Waals surface area contributed by atoms with E-state index in [4.69, 9.17) is 10.5 Å². The molecule has 9 heteroatoms. The standard InChI is InChI=1S/C21H20FN5O3/c1-24-20(28)19-11-17(8-9-25-19)30-16-5-2-14(3-6-16)26-21(29)27-15-4-7-18(23)13(10-15)12-22/h2-11H,12,23H2,1H3,(H,24,28)(H2,26,27,29). The summed E-state index contributed by atoms with van der Waals surface area (Å²) in [5.41, 5.74) is 7.49. The van der Waals surface area contributed by atoms with E-state index in [0.717, 1.165) is 0 Å². The van der Waals surface area contributed by atoms with Gasteiger partial charge < -0.3 is 26.4 Å². The molecule has 3 aromatic rings. The lowest BCUT2D eigenvalue weighted by Crippen LogP contribution is -2.19. The van der Waals surface area contributed by atoms with Crippen molar-refractivity contribution in [3.8, 4) is 11.5 Å². The van der Waals surface area contributed by atoms with Crippen molar-refractivity contribution in [3.63, 3.8) is 0 Å². The van der Waals surface area contributed by atoms with Crippen LogP contribution in [-0.2, 0) is 6.67 Å². The Hall–Kier alpha value is -4.14. The molecule has 0 saturated carbocycles. The Morgan fingerprint density at radius 2 is 1.70 bits per heavy atom. The van der Waals surface area contributed by atoms with Crippen LogP contribution in [0.4, 0.5) is 26.2 Å². The van der Waals surface area contributed by atoms with Crippen LogP contribution in [0.3, 0.4) is 0 Å². The molecule has 0 atom stereocenters. The molecule has 0 unspecified atom stereocenters. The Morgan fingerprint density at radius 1 is 1.00 bits per heavy atom. The molecule has 0 spiro atoms. The van der Waals surface area contributed by atoms with Gasteiger partial charge in [0.15, 0.2) is 0 Å². The number of hydrogen-bond donors (Lipinski definition) is 4. The number of hydrogen-bond acceptors (Lipinski definition) is 5. The molecule has 3 rings (SSSR count). The molecular weight excluding hydrogens is 389 g/mol. The van der Waals surface area contributed by atoms with Gasteiger partial charge in [-0.05, 0) is 48.5 Å². The van der Waals surface area contributed by atoms with Gasteiger partial charge in [0.25, 0.3) is 5.91 Å². The fourth-order valence-corrected chi connectivity index (χ4v) is 2.56. The molecule has 30 heavy (non-hydrogen) atoms. The average molecular weight is 409 g/mol. The molecule has 0 radical (unpaired) electrons. The normalized spacial score (nSPS) is 10.2. The zero-order valence-corrected chi connectivity index (χ0v) is 16.1. The van der Waals surface area contributed by atoms with E-state index in [0.29, 0.717) is 34.1 Å². The van der Waals surface area contributed by atoms with E-state index >= 15 is 0 Å². The van der Waals surface area contributed by atoms with E-state index in [1.165, 1.54) is 31.4 Å². The largest absolute Gasteiger partial charge is 0.457 e. The quantitative estimate of drug-likeness (QED) is 0.460. The summed E-state index contributed by atoms with van der Waals surface area (Å²) < 4.78 is 18.6. The number of benzene rings is 2. The zero-order valence-electron chi connectivity index (χ0n) is 16.1. The summed E-state index contributed by atoms with van der Waals surface area (Å²) in [4.78, 5) is 27.8. The average Bonchev–Trinajstić information content (AvgIpc) is 2.76. The van der Waals surface area contributed by atoms with Crippen LogP contribution in [0.25, 0.3) is 0 Å². The van der Waals surface area contributed by atoms with Crippen LogP contribution in [0.5, 0.6) is 11.5 Å². The van der Waals surface area contributed by atoms with Crippen molar-refractivity contribution in [2.75, 3.05) is 23.4 Å². The predicted molar refractivity (Wildman–Crippen MR) is 112 cm³/mol. The highest BCUT2D eigenvalue weighted by Crippen LogP contribution is 2.24. The number of aromatic nitrogens is 1. The summed E-state index contributed by atoms with van der Waals surface area (Å²) in [7, 11) is 1.52. The molecule has 0 fully saturated rings. The Bertz CT molecular complexity index is 1060. The first-order valence-electron chi connectivity index (χ1n) is 8.97. The third-order valence-corrected chi connectivity index (χ3v) is 4.08. The number of nitrogen functional groups attached to an aromatic ring is 1. The molecule has 8 nitrogen and oxygen atoms in total. The molecule has 0 bridgehead atoms. The number of pyridine rings is 1. The van der Waals surface area contributed by atoms with Gasteiger partial charge in [-0.25, -0.2) is 9.18 Å². The second-order valence-electron chi connectivity index (χ2n) is 6.21. The van der Waals surface area contributed by atoms with Gasteiger partial charge in [-0.3, -0.25) is 9.78 Å². The first-order valence-corrected chi connectivity index (χ1v) is 8.97. The van der Waals surface area contributed by atoms with Gasteiger partial charge in [-0.15, -0.1) is 0 Å². The van der Waals surface area contributed by atoms with Gasteiger partial charge in [0, 0.05) is 41.9 Å². The maximum absolute atomic E-state index is 12.9. The maximum atomic E-state index is 12.9. The van der Waals surface area contributed by atoms with Crippen molar-refractivity contribution in [1.82, 2.24) is 10.3 Å². The Balaban J connectivity index is 1.60. The number of halogens is 1. The zero-order chi connectivity index (χ0) is 21.5. The van der Waals surface area contributed by atoms with Crippen molar-refractivity contribution < 1.29 is 18.7 Å². The smallest absolute Gasteiger partial charge is 0.323 e. The lowest BCUT2D eigenvalue weighted by Gasteiger charge is -2.11. The van der Waals surface area contributed by atoms with E-state index in [1.807, 2.05) is 0 Å². The molecule has 0 aliphatic carbocycles. The number of nitrogens with one attached hydrogen (secondary N) is 3. The van der Waals surface area contributed by atoms with Gasteiger partial charge in [-0.2, -0.15) is 0 Å². The van der Waals surface area contributed by atoms with Crippen molar-refractivity contribution in [2.24, 2.45) is 0 Å². The van der Waals surface area contributed by atoms with Gasteiger partial charge in [0.2, 0.25) is 0 Å². The van der Waals surface area contributed by atoms with Crippen LogP contribution in [0.1, 0.15) is 16.1 Å². The van der Waals surface area contributed by atoms with Gasteiger partial charge in [0.1, 0.15) is 23.9 Å². The minimum absolute atomic E-state index is 0.239. The van der Waals surface area contributed by atoms with Crippen LogP contribution in [0, 0.1) is 0 Å². The molecule has 154 valence electrons. The second kappa shape index (κ2) is 9.37. The maximum Gasteiger partial charge on any atom is 0.323 e. The highest BCUT2D eigenvalue weighted by molar-refractivity contribution is 6.00. The molecule has 0 saturated heterocycles. The number of carbonyl (C=O) groups is 2. The van der Waals surface area contributed by atoms with Gasteiger partial charge in [-0.1, -0.05) is 0 Å². The Labute approximate surface area is 172 Å². The van der Waals surface area contributed by atoms with Crippen molar-refractivity contribution >= 4 is 29.0 Å². The number of anilines is 3. The summed E-state index contributed by atoms with van der Waals surface area (Å²) in [6.45, 7) is -0.716. The van der Waals surface area contributed by atoms with Crippen LogP contribution in [-0.4, -0.2) is 24.0 Å². The number of urea groups is 1. The highest BCUT2D eigenvalue weighted by Gasteiger charge is 2.08. The van der Waals surface area contributed by atoms with Gasteiger partial charge >= 0.3 is 6.03 Å². The number of rotatable bonds is 6. The first kappa shape index (κ1) is 20.6. The van der Waals surface area contributed by atoms with E-state index in [-0.39, 0.29) is 11.6 Å². The summed E-state index contributed by atoms with van der Waals surface area (Å²) in [5.74, 6) is 0.654. The first-order chi connectivity index (χ1) is 14.5. The molecule has 1 aromatic heterocycles. The molecule has 5 N–H and O–H groups in total. The van der Waals surface area contributed by atoms with Crippen molar-refractivity contribution in [2.45, 2.75) is 6.67 Å². The fraction of sp³-hybridized carbons (Fsp3) is 0.0952. The van der Waals surface area contributed by atoms with Crippen LogP contribution in [0.2, 0.25) is 0 Å². The van der Waals surface area contributed by atoms with Crippen LogP contribution in [0.15, 0.2) is 60.8 Å². The van der Waals surface area contributed by atoms with Crippen LogP contribution >= 0.6 is 0 Å². The van der Waals surface area contributed by atoms with Crippen molar-refractivity contribution in [1.29, 1.82) is 0 Å². The fourth-order valence-electron chi connectivity index (χ4n) is 2.56. The molecule has 2 aromatic carbocycles. The van der Waals surface area contributed by atoms with Crippen LogP contribution < -0.4 is 26.4 Å². The molecule has 0 aliphatic rings. The molecular formula is C21H20FN5O3. The third kappa shape index (κ3) is 5.22. The topological polar surface area (TPSA) is 118 Å². The van der Waals surface area contributed by atoms with Gasteiger partial charge in [0.05, 0.1) is 0 Å². The minimum Gasteiger partial charge on any atom is -0.457 e. The number of nitrogens with two attached hydrogens (primary N) is 1. The second-order valence-corrected chi connectivity index (χ2v) is 6.21. The third-order valence-electron chi connectivity index (χ3n) is 4.08. The number of amides is 3. The Morgan fingerprint density at radius 3 is 2.40 bits per heavy atom. The number of ether oxygens (including phenoxy) is 1. The summed E-state index contributed by atoms with van der Waals surface area (Å²) in [6, 6.07) is 13.9. The number of alkyl halides is 1. The van der Waals surface area contributed by atoms with E-state index in [9.17, 15) is 14.0 Å². The minimum atomic E-state index is -0.716.